The molecule has 5 aromatic carbocycles. The fraction of sp³-hybridized carbons (Fsp3) is 0.270. The summed E-state index contributed by atoms with van der Waals surface area (Å²) in [6.45, 7) is 2.80. The molecule has 0 aromatic heterocycles. The van der Waals surface area contributed by atoms with E-state index in [9.17, 15) is 59.1 Å². The molecule has 0 saturated carbocycles. The maximum absolute atomic E-state index is 14.7. The summed E-state index contributed by atoms with van der Waals surface area (Å²) < 4.78 is 17.2. The molecule has 3 unspecified atom stereocenters. The smallest absolute Gasteiger partial charge is 0.326 e. The van der Waals surface area contributed by atoms with Gasteiger partial charge in [-0.2, -0.15) is 0 Å². The van der Waals surface area contributed by atoms with Crippen LogP contribution in [0.25, 0.3) is 49.2 Å². The third kappa shape index (κ3) is 5.43. The molecular weight excluding hydrogens is 712 g/mol. The van der Waals surface area contributed by atoms with Gasteiger partial charge in [0.1, 0.15) is 29.4 Å². The summed E-state index contributed by atoms with van der Waals surface area (Å²) in [4.78, 5) is 90.3. The molecule has 0 amide bonds. The first-order chi connectivity index (χ1) is 25.5. The summed E-state index contributed by atoms with van der Waals surface area (Å²) >= 11 is 0. The van der Waals surface area contributed by atoms with Gasteiger partial charge in [0, 0.05) is 50.2 Å². The van der Waals surface area contributed by atoms with Crippen LogP contribution in [0.1, 0.15) is 43.7 Å². The lowest BCUT2D eigenvalue weighted by Crippen LogP contribution is -2.32. The summed E-state index contributed by atoms with van der Waals surface area (Å²) in [5.41, 5.74) is -1.88. The van der Waals surface area contributed by atoms with Gasteiger partial charge in [-0.1, -0.05) is 11.6 Å². The number of aromatic hydroxyl groups is 1. The number of nitrogens with one attached hydrogen (secondary N) is 2. The Kier molecular flexibility index (Phi) is 9.05. The topological polar surface area (TPSA) is 272 Å². The van der Waals surface area contributed by atoms with Crippen molar-refractivity contribution in [2.75, 3.05) is 32.0 Å². The first-order valence-corrected chi connectivity index (χ1v) is 16.2. The van der Waals surface area contributed by atoms with Crippen molar-refractivity contribution in [3.05, 3.63) is 49.3 Å². The molecule has 1 aliphatic carbocycles. The van der Waals surface area contributed by atoms with E-state index in [1.165, 1.54) is 40.4 Å². The monoisotopic (exact) mass is 744 g/mol. The summed E-state index contributed by atoms with van der Waals surface area (Å²) in [5, 5.41) is 56.1. The molecule has 6 rings (SSSR count). The van der Waals surface area contributed by atoms with Crippen LogP contribution >= 0.6 is 0 Å². The molecule has 0 bridgehead atoms. The van der Waals surface area contributed by atoms with Gasteiger partial charge in [0.15, 0.2) is 16.9 Å². The Balaban J connectivity index is 2.02. The Hall–Kier alpha value is -6.91. The highest BCUT2D eigenvalue weighted by Gasteiger charge is 2.38. The van der Waals surface area contributed by atoms with Crippen LogP contribution in [0.4, 0.5) is 11.4 Å². The average Bonchev–Trinajstić information content (AvgIpc) is 3.22. The minimum absolute atomic E-state index is 0.00677. The number of fused-ring (bicyclic) bond motifs is 1. The summed E-state index contributed by atoms with van der Waals surface area (Å²) in [6, 6.07) is -1.28. The number of phenols is 1. The number of carboxylic acid groups (broad SMARTS) is 4. The number of allylic oxidation sites excluding steroid dienone is 1. The predicted molar refractivity (Wildman–Crippen MR) is 194 cm³/mol. The van der Waals surface area contributed by atoms with E-state index in [1.807, 2.05) is 0 Å². The number of Topliss-reactive ketones (excluding diaryl/α,β-unsaturated/α-hetero) is 1. The quantitative estimate of drug-likeness (QED) is 0.0487. The number of benzene rings is 5. The highest BCUT2D eigenvalue weighted by molar-refractivity contribution is 6.40. The molecule has 0 heterocycles. The summed E-state index contributed by atoms with van der Waals surface area (Å²) in [5.74, 6) is -9.02. The largest absolute Gasteiger partial charge is 0.505 e. The second-order valence-corrected chi connectivity index (χ2v) is 12.8. The number of carboxylic acids is 4. The van der Waals surface area contributed by atoms with E-state index in [-0.39, 0.29) is 88.4 Å². The van der Waals surface area contributed by atoms with E-state index < -0.39 is 77.1 Å². The molecule has 0 fully saturated rings. The van der Waals surface area contributed by atoms with E-state index >= 15 is 0 Å². The van der Waals surface area contributed by atoms with Crippen LogP contribution in [0.5, 0.6) is 23.0 Å². The fourth-order valence-corrected chi connectivity index (χ4v) is 7.65. The van der Waals surface area contributed by atoms with Gasteiger partial charge < -0.3 is 50.4 Å². The predicted octanol–water partition coefficient (Wildman–Crippen LogP) is 3.40. The Labute approximate surface area is 302 Å². The Morgan fingerprint density at radius 2 is 1.26 bits per heavy atom. The Bertz CT molecular complexity index is 2650. The van der Waals surface area contributed by atoms with Gasteiger partial charge in [-0.3, -0.25) is 24.0 Å². The molecule has 280 valence electrons. The van der Waals surface area contributed by atoms with E-state index in [0.29, 0.717) is 0 Å². The van der Waals surface area contributed by atoms with Crippen LogP contribution in [-0.2, 0) is 24.0 Å². The first kappa shape index (κ1) is 36.9. The van der Waals surface area contributed by atoms with Gasteiger partial charge in [-0.25, -0.2) is 9.59 Å². The average molecular weight is 745 g/mol. The van der Waals surface area contributed by atoms with Crippen molar-refractivity contribution < 1.29 is 63.7 Å². The minimum Gasteiger partial charge on any atom is -0.505 e. The van der Waals surface area contributed by atoms with Gasteiger partial charge in [-0.05, 0) is 19.2 Å². The number of hydrogen-bond acceptors (Lipinski definition) is 13. The standard InChI is InChI=1S/C37H32N2O15/c1-11-6-13-23-28-25(33(46)32(13)39-16(37(50)51)9-21(44)45)17(41)10-19(53-4)27(28)26-18(52-3)7-14(38-15(36(48)49)8-20(42)43)24-30(26)29(23)31(22(11)12(2)40)35(54-5)34(24)47/h6-7,10,15-16,22,38-39,46H,8-9H2,1-5H3,(H,42,43)(H,44,45)(H,48,49)(H,50,51). The van der Waals surface area contributed by atoms with E-state index in [1.54, 1.807) is 6.92 Å². The van der Waals surface area contributed by atoms with Gasteiger partial charge in [-0.15, -0.1) is 0 Å². The molecular formula is C37H32N2O15. The van der Waals surface area contributed by atoms with Crippen molar-refractivity contribution in [2.45, 2.75) is 44.7 Å². The van der Waals surface area contributed by atoms with Crippen LogP contribution in [0.3, 0.4) is 0 Å². The lowest BCUT2D eigenvalue weighted by Gasteiger charge is -2.26. The zero-order chi connectivity index (χ0) is 39.7. The maximum Gasteiger partial charge on any atom is 0.326 e. The van der Waals surface area contributed by atoms with Crippen molar-refractivity contribution in [2.24, 2.45) is 0 Å². The van der Waals surface area contributed by atoms with Crippen LogP contribution in [0.2, 0.25) is 0 Å². The zero-order valence-electron chi connectivity index (χ0n) is 29.2. The van der Waals surface area contributed by atoms with Gasteiger partial charge in [0.2, 0.25) is 5.43 Å². The number of ether oxygens (including phenoxy) is 3. The number of carbonyl (C=O) groups excluding carboxylic acids is 1. The third-order valence-electron chi connectivity index (χ3n) is 9.67. The normalized spacial score (nSPS) is 14.8. The second kappa shape index (κ2) is 13.3. The number of phenolic OH excluding ortho intramolecular Hbond substituents is 1. The molecule has 0 spiro atoms. The molecule has 7 N–H and O–H groups in total. The number of carbonyl (C=O) groups is 5. The molecule has 17 heteroatoms. The third-order valence-corrected chi connectivity index (χ3v) is 9.67. The lowest BCUT2D eigenvalue weighted by atomic mass is 9.80. The number of rotatable bonds is 14. The number of methoxy groups -OCH3 is 3. The molecule has 54 heavy (non-hydrogen) atoms. The van der Waals surface area contributed by atoms with Gasteiger partial charge >= 0.3 is 23.9 Å². The molecule has 1 aliphatic rings. The van der Waals surface area contributed by atoms with Crippen molar-refractivity contribution in [1.29, 1.82) is 0 Å². The Morgan fingerprint density at radius 3 is 1.76 bits per heavy atom. The van der Waals surface area contributed by atoms with Crippen LogP contribution in [0.15, 0.2) is 27.3 Å². The lowest BCUT2D eigenvalue weighted by molar-refractivity contribution is -0.144. The number of hydrogen-bond donors (Lipinski definition) is 7. The SMILES string of the molecule is COc1c2c3c4c(c(NC(CC(=O)O)C(=O)O)c(O)c5c(=O)cc(OC)c(c6c(OC)cc(NC(CC(=O)O)C(=O)O)c(c1=O)c63)c54)C=C(C)C2C(C)=O. The van der Waals surface area contributed by atoms with Crippen LogP contribution in [-0.4, -0.2) is 88.6 Å². The van der Waals surface area contributed by atoms with Gasteiger partial charge in [0.25, 0.3) is 0 Å². The van der Waals surface area contributed by atoms with Crippen molar-refractivity contribution in [3.63, 3.8) is 0 Å². The van der Waals surface area contributed by atoms with Crippen LogP contribution in [0, 0.1) is 0 Å². The van der Waals surface area contributed by atoms with Crippen LogP contribution < -0.4 is 35.7 Å². The molecule has 5 aromatic rings. The summed E-state index contributed by atoms with van der Waals surface area (Å²) in [6.07, 6.45) is -0.416. The van der Waals surface area contributed by atoms with Crippen molar-refractivity contribution in [3.8, 4) is 23.0 Å². The number of aliphatic carboxylic acids is 4. The summed E-state index contributed by atoms with van der Waals surface area (Å²) in [7, 11) is 3.71. The zero-order valence-corrected chi connectivity index (χ0v) is 29.2. The molecule has 3 atom stereocenters. The number of ketones is 1. The highest BCUT2D eigenvalue weighted by Crippen LogP contribution is 2.57. The van der Waals surface area contributed by atoms with E-state index in [2.05, 4.69) is 10.6 Å². The first-order valence-electron chi connectivity index (χ1n) is 16.2. The van der Waals surface area contributed by atoms with Crippen molar-refractivity contribution in [1.82, 2.24) is 0 Å². The van der Waals surface area contributed by atoms with E-state index in [4.69, 9.17) is 14.2 Å². The second-order valence-electron chi connectivity index (χ2n) is 12.8. The number of anilines is 2. The highest BCUT2D eigenvalue weighted by atomic mass is 16.5. The molecule has 17 nitrogen and oxygen atoms in total. The molecule has 0 aliphatic heterocycles. The fourth-order valence-electron chi connectivity index (χ4n) is 7.65. The minimum atomic E-state index is -1.84. The van der Waals surface area contributed by atoms with E-state index in [0.717, 1.165) is 6.07 Å². The van der Waals surface area contributed by atoms with Gasteiger partial charge in [0.05, 0.1) is 62.2 Å². The maximum atomic E-state index is 14.7. The van der Waals surface area contributed by atoms with Crippen molar-refractivity contribution >= 4 is 90.2 Å². The molecule has 0 saturated heterocycles. The Morgan fingerprint density at radius 1 is 0.722 bits per heavy atom. The molecule has 0 radical (unpaired) electrons.